The van der Waals surface area contributed by atoms with E-state index < -0.39 is 0 Å². The standard InChI is InChI=1S/C17H19N3O3S/c1-10(17-19-9-11(2)24-17)8-18-15(21)7-13-12(3)23-16(20-13)14-5-4-6-22-14/h4-6,9-10H,7-8H2,1-3H3,(H,18,21)/t10-/m0/s1. The van der Waals surface area contributed by atoms with Gasteiger partial charge in [-0.2, -0.15) is 0 Å². The fourth-order valence-corrected chi connectivity index (χ4v) is 3.09. The predicted molar refractivity (Wildman–Crippen MR) is 90.9 cm³/mol. The van der Waals surface area contributed by atoms with Gasteiger partial charge in [0.1, 0.15) is 5.76 Å². The van der Waals surface area contributed by atoms with Gasteiger partial charge in [0.2, 0.25) is 5.91 Å². The van der Waals surface area contributed by atoms with Crippen molar-refractivity contribution in [3.63, 3.8) is 0 Å². The molecule has 0 aliphatic heterocycles. The smallest absolute Gasteiger partial charge is 0.263 e. The third-order valence-electron chi connectivity index (χ3n) is 3.62. The third kappa shape index (κ3) is 3.73. The van der Waals surface area contributed by atoms with Gasteiger partial charge in [-0.15, -0.1) is 11.3 Å². The van der Waals surface area contributed by atoms with Crippen LogP contribution in [0.2, 0.25) is 0 Å². The normalized spacial score (nSPS) is 12.3. The molecule has 3 aromatic rings. The van der Waals surface area contributed by atoms with Crippen molar-refractivity contribution in [1.29, 1.82) is 0 Å². The van der Waals surface area contributed by atoms with Gasteiger partial charge in [0.15, 0.2) is 5.76 Å². The fraction of sp³-hybridized carbons (Fsp3) is 0.353. The average Bonchev–Trinajstić information content (AvgIpc) is 3.27. The molecule has 7 heteroatoms. The molecule has 0 aromatic carbocycles. The molecule has 0 spiro atoms. The maximum Gasteiger partial charge on any atom is 0.263 e. The van der Waals surface area contributed by atoms with E-state index in [2.05, 4.69) is 22.2 Å². The van der Waals surface area contributed by atoms with Gasteiger partial charge in [-0.05, 0) is 26.0 Å². The molecule has 0 bridgehead atoms. The number of amides is 1. The molecule has 0 aliphatic rings. The number of thiazole rings is 1. The Bertz CT molecular complexity index is 820. The maximum absolute atomic E-state index is 12.2. The van der Waals surface area contributed by atoms with E-state index in [1.807, 2.05) is 13.1 Å². The molecule has 126 valence electrons. The molecule has 3 aromatic heterocycles. The first-order valence-corrected chi connectivity index (χ1v) is 8.53. The Morgan fingerprint density at radius 1 is 1.42 bits per heavy atom. The zero-order valence-corrected chi connectivity index (χ0v) is 14.6. The number of hydrogen-bond acceptors (Lipinski definition) is 6. The number of nitrogens with one attached hydrogen (secondary N) is 1. The Kier molecular flexibility index (Phi) is 4.80. The summed E-state index contributed by atoms with van der Waals surface area (Å²) in [6.07, 6.45) is 3.59. The van der Waals surface area contributed by atoms with E-state index in [0.717, 1.165) is 5.01 Å². The highest BCUT2D eigenvalue weighted by molar-refractivity contribution is 7.11. The summed E-state index contributed by atoms with van der Waals surface area (Å²) in [4.78, 5) is 22.0. The first kappa shape index (κ1) is 16.4. The maximum atomic E-state index is 12.2. The lowest BCUT2D eigenvalue weighted by Crippen LogP contribution is -2.29. The van der Waals surface area contributed by atoms with E-state index in [1.54, 1.807) is 36.7 Å². The van der Waals surface area contributed by atoms with Crippen molar-refractivity contribution < 1.29 is 13.6 Å². The van der Waals surface area contributed by atoms with Crippen molar-refractivity contribution in [1.82, 2.24) is 15.3 Å². The van der Waals surface area contributed by atoms with Gasteiger partial charge in [0.25, 0.3) is 5.89 Å². The summed E-state index contributed by atoms with van der Waals surface area (Å²) in [6.45, 7) is 6.42. The largest absolute Gasteiger partial charge is 0.459 e. The van der Waals surface area contributed by atoms with Crippen LogP contribution in [0.1, 0.15) is 34.2 Å². The molecular formula is C17H19N3O3S. The molecule has 0 saturated heterocycles. The summed E-state index contributed by atoms with van der Waals surface area (Å²) >= 11 is 1.66. The minimum Gasteiger partial charge on any atom is -0.459 e. The minimum absolute atomic E-state index is 0.0856. The van der Waals surface area contributed by atoms with Gasteiger partial charge in [-0.3, -0.25) is 4.79 Å². The van der Waals surface area contributed by atoms with Crippen LogP contribution in [-0.4, -0.2) is 22.4 Å². The molecule has 0 unspecified atom stereocenters. The first-order valence-electron chi connectivity index (χ1n) is 7.72. The summed E-state index contributed by atoms with van der Waals surface area (Å²) in [7, 11) is 0. The molecule has 3 rings (SSSR count). The van der Waals surface area contributed by atoms with Crippen molar-refractivity contribution in [3.8, 4) is 11.7 Å². The van der Waals surface area contributed by atoms with Crippen LogP contribution >= 0.6 is 11.3 Å². The number of hydrogen-bond donors (Lipinski definition) is 1. The molecule has 1 N–H and O–H groups in total. The van der Waals surface area contributed by atoms with Gasteiger partial charge >= 0.3 is 0 Å². The van der Waals surface area contributed by atoms with Crippen molar-refractivity contribution in [2.45, 2.75) is 33.1 Å². The zero-order valence-electron chi connectivity index (χ0n) is 13.8. The lowest BCUT2D eigenvalue weighted by molar-refractivity contribution is -0.120. The van der Waals surface area contributed by atoms with Crippen LogP contribution in [-0.2, 0) is 11.2 Å². The first-order chi connectivity index (χ1) is 11.5. The van der Waals surface area contributed by atoms with E-state index >= 15 is 0 Å². The second-order valence-electron chi connectivity index (χ2n) is 5.69. The van der Waals surface area contributed by atoms with Gasteiger partial charge in [0.05, 0.1) is 23.4 Å². The van der Waals surface area contributed by atoms with E-state index in [-0.39, 0.29) is 18.2 Å². The average molecular weight is 345 g/mol. The Balaban J connectivity index is 1.57. The highest BCUT2D eigenvalue weighted by Crippen LogP contribution is 2.23. The summed E-state index contributed by atoms with van der Waals surface area (Å²) < 4.78 is 10.8. The van der Waals surface area contributed by atoms with Gasteiger partial charge in [-0.25, -0.2) is 9.97 Å². The Morgan fingerprint density at radius 2 is 2.25 bits per heavy atom. The molecule has 1 amide bonds. The third-order valence-corrected chi connectivity index (χ3v) is 4.76. The number of carbonyl (C=O) groups excluding carboxylic acids is 1. The fourth-order valence-electron chi connectivity index (χ4n) is 2.27. The summed E-state index contributed by atoms with van der Waals surface area (Å²) in [5, 5.41) is 3.97. The quantitative estimate of drug-likeness (QED) is 0.740. The molecule has 3 heterocycles. The van der Waals surface area contributed by atoms with Crippen molar-refractivity contribution >= 4 is 17.2 Å². The zero-order chi connectivity index (χ0) is 17.1. The number of furan rings is 1. The van der Waals surface area contributed by atoms with Crippen LogP contribution in [0.5, 0.6) is 0 Å². The van der Waals surface area contributed by atoms with Crippen molar-refractivity contribution in [3.05, 3.63) is 45.9 Å². The molecular weight excluding hydrogens is 326 g/mol. The Morgan fingerprint density at radius 3 is 2.92 bits per heavy atom. The number of aryl methyl sites for hydroxylation is 2. The Hall–Kier alpha value is -2.41. The molecule has 0 fully saturated rings. The number of rotatable bonds is 6. The number of aromatic nitrogens is 2. The number of oxazole rings is 1. The molecule has 0 aliphatic carbocycles. The molecule has 0 radical (unpaired) electrons. The lowest BCUT2D eigenvalue weighted by atomic mass is 10.2. The van der Waals surface area contributed by atoms with Gasteiger partial charge in [0, 0.05) is 23.5 Å². The summed E-state index contributed by atoms with van der Waals surface area (Å²) in [6, 6.07) is 3.54. The van der Waals surface area contributed by atoms with Crippen LogP contribution < -0.4 is 5.32 Å². The summed E-state index contributed by atoms with van der Waals surface area (Å²) in [5.41, 5.74) is 0.622. The minimum atomic E-state index is -0.0856. The van der Waals surface area contributed by atoms with E-state index in [9.17, 15) is 4.79 Å². The highest BCUT2D eigenvalue weighted by Gasteiger charge is 2.17. The van der Waals surface area contributed by atoms with Gasteiger partial charge in [-0.1, -0.05) is 6.92 Å². The lowest BCUT2D eigenvalue weighted by Gasteiger charge is -2.09. The SMILES string of the molecule is Cc1cnc([C@@H](C)CNC(=O)Cc2nc(-c3ccco3)oc2C)s1. The monoisotopic (exact) mass is 345 g/mol. The number of nitrogens with zero attached hydrogens (tertiary/aromatic N) is 2. The van der Waals surface area contributed by atoms with Crippen LogP contribution in [0.4, 0.5) is 0 Å². The molecule has 6 nitrogen and oxygen atoms in total. The highest BCUT2D eigenvalue weighted by atomic mass is 32.1. The molecule has 0 saturated carbocycles. The Labute approximate surface area is 143 Å². The van der Waals surface area contributed by atoms with E-state index in [4.69, 9.17) is 8.83 Å². The van der Waals surface area contributed by atoms with Crippen molar-refractivity contribution in [2.75, 3.05) is 6.54 Å². The molecule has 1 atom stereocenters. The number of carbonyl (C=O) groups is 1. The van der Waals surface area contributed by atoms with Crippen molar-refractivity contribution in [2.24, 2.45) is 0 Å². The van der Waals surface area contributed by atoms with Crippen LogP contribution in [0.3, 0.4) is 0 Å². The second-order valence-corrected chi connectivity index (χ2v) is 6.96. The predicted octanol–water partition coefficient (Wildman–Crippen LogP) is 3.47. The topological polar surface area (TPSA) is 81.2 Å². The summed E-state index contributed by atoms with van der Waals surface area (Å²) in [5.74, 6) is 1.67. The molecule has 24 heavy (non-hydrogen) atoms. The second kappa shape index (κ2) is 7.00. The van der Waals surface area contributed by atoms with E-state index in [0.29, 0.717) is 29.6 Å². The van der Waals surface area contributed by atoms with Gasteiger partial charge < -0.3 is 14.2 Å². The van der Waals surface area contributed by atoms with E-state index in [1.165, 1.54) is 4.88 Å². The van der Waals surface area contributed by atoms with Crippen LogP contribution in [0.15, 0.2) is 33.4 Å². The van der Waals surface area contributed by atoms with Crippen LogP contribution in [0.25, 0.3) is 11.7 Å². The van der Waals surface area contributed by atoms with Crippen LogP contribution in [0, 0.1) is 13.8 Å².